The van der Waals surface area contributed by atoms with Crippen molar-refractivity contribution in [2.24, 2.45) is 0 Å². The fourth-order valence-electron chi connectivity index (χ4n) is 3.47. The number of β-lactam (4-membered cyclic amide) rings is 1. The molecule has 2 nitrogen and oxygen atoms in total. The van der Waals surface area contributed by atoms with Crippen molar-refractivity contribution >= 4 is 11.6 Å². The van der Waals surface area contributed by atoms with Crippen LogP contribution in [0.4, 0.5) is 10.1 Å². The summed E-state index contributed by atoms with van der Waals surface area (Å²) < 4.78 is 13.4. The highest BCUT2D eigenvalue weighted by Gasteiger charge is 2.49. The number of carbonyl (C=O) groups excluding carboxylic acids is 1. The highest BCUT2D eigenvalue weighted by molar-refractivity contribution is 6.06. The molecule has 1 heterocycles. The largest absolute Gasteiger partial charge is 0.303 e. The standard InChI is InChI=1S/C22H18FNO/c1-15-7-13-19(14-8-15)24-21(17-9-11-18(23)12-10-17)20(22(24)25)16-5-3-2-4-6-16/h2-14,20-21H,1H3. The van der Waals surface area contributed by atoms with Gasteiger partial charge in [0.05, 0.1) is 12.0 Å². The predicted molar refractivity (Wildman–Crippen MR) is 97.0 cm³/mol. The highest BCUT2D eigenvalue weighted by atomic mass is 19.1. The van der Waals surface area contributed by atoms with Gasteiger partial charge in [-0.1, -0.05) is 60.2 Å². The van der Waals surface area contributed by atoms with E-state index in [-0.39, 0.29) is 23.7 Å². The maximum absolute atomic E-state index is 13.4. The first-order valence-electron chi connectivity index (χ1n) is 8.35. The molecular formula is C22H18FNO. The van der Waals surface area contributed by atoms with Crippen molar-refractivity contribution in [1.82, 2.24) is 0 Å². The van der Waals surface area contributed by atoms with Crippen LogP contribution < -0.4 is 4.90 Å². The van der Waals surface area contributed by atoms with E-state index < -0.39 is 0 Å². The van der Waals surface area contributed by atoms with E-state index in [0.29, 0.717) is 0 Å². The maximum atomic E-state index is 13.4. The van der Waals surface area contributed by atoms with Gasteiger partial charge in [-0.25, -0.2) is 4.39 Å². The second-order valence-corrected chi connectivity index (χ2v) is 6.43. The fourth-order valence-corrected chi connectivity index (χ4v) is 3.47. The fraction of sp³-hybridized carbons (Fsp3) is 0.136. The van der Waals surface area contributed by atoms with Gasteiger partial charge in [0.2, 0.25) is 5.91 Å². The van der Waals surface area contributed by atoms with Gasteiger partial charge in [0.1, 0.15) is 5.82 Å². The van der Waals surface area contributed by atoms with Gasteiger partial charge in [0.25, 0.3) is 0 Å². The van der Waals surface area contributed by atoms with Crippen molar-refractivity contribution in [3.8, 4) is 0 Å². The van der Waals surface area contributed by atoms with Gasteiger partial charge < -0.3 is 4.90 Å². The topological polar surface area (TPSA) is 20.3 Å². The summed E-state index contributed by atoms with van der Waals surface area (Å²) in [6.07, 6.45) is 0. The molecular weight excluding hydrogens is 313 g/mol. The Morgan fingerprint density at radius 1 is 0.800 bits per heavy atom. The smallest absolute Gasteiger partial charge is 0.237 e. The van der Waals surface area contributed by atoms with E-state index in [1.807, 2.05) is 66.4 Å². The molecule has 0 radical (unpaired) electrons. The van der Waals surface area contributed by atoms with Crippen molar-refractivity contribution in [1.29, 1.82) is 0 Å². The second kappa shape index (κ2) is 6.17. The molecule has 3 heteroatoms. The van der Waals surface area contributed by atoms with Crippen molar-refractivity contribution in [3.05, 3.63) is 101 Å². The van der Waals surface area contributed by atoms with Crippen LogP contribution in [0.15, 0.2) is 78.9 Å². The molecule has 25 heavy (non-hydrogen) atoms. The van der Waals surface area contributed by atoms with E-state index in [1.54, 1.807) is 12.1 Å². The molecule has 1 fully saturated rings. The molecule has 0 aliphatic carbocycles. The minimum Gasteiger partial charge on any atom is -0.303 e. The Bertz CT molecular complexity index is 888. The number of rotatable bonds is 3. The van der Waals surface area contributed by atoms with Gasteiger partial charge in [0, 0.05) is 5.69 Å². The van der Waals surface area contributed by atoms with Crippen molar-refractivity contribution in [3.63, 3.8) is 0 Å². The van der Waals surface area contributed by atoms with Gasteiger partial charge in [-0.2, -0.15) is 0 Å². The number of hydrogen-bond acceptors (Lipinski definition) is 1. The molecule has 0 bridgehead atoms. The lowest BCUT2D eigenvalue weighted by atomic mass is 9.77. The van der Waals surface area contributed by atoms with Crippen LogP contribution >= 0.6 is 0 Å². The Morgan fingerprint density at radius 3 is 2.08 bits per heavy atom. The summed E-state index contributed by atoms with van der Waals surface area (Å²) in [6, 6.07) is 24.0. The molecule has 2 unspecified atom stereocenters. The SMILES string of the molecule is Cc1ccc(N2C(=O)C(c3ccccc3)C2c2ccc(F)cc2)cc1. The zero-order valence-electron chi connectivity index (χ0n) is 13.9. The maximum Gasteiger partial charge on any atom is 0.237 e. The van der Waals surface area contributed by atoms with Gasteiger partial charge in [-0.15, -0.1) is 0 Å². The Kier molecular flexibility index (Phi) is 3.85. The van der Waals surface area contributed by atoms with E-state index in [1.165, 1.54) is 12.1 Å². The first kappa shape index (κ1) is 15.6. The Labute approximate surface area is 146 Å². The number of carbonyl (C=O) groups is 1. The number of amides is 1. The number of nitrogens with zero attached hydrogens (tertiary/aromatic N) is 1. The minimum atomic E-state index is -0.271. The Morgan fingerprint density at radius 2 is 1.44 bits per heavy atom. The van der Waals surface area contributed by atoms with Crippen LogP contribution in [0, 0.1) is 12.7 Å². The first-order valence-corrected chi connectivity index (χ1v) is 8.35. The van der Waals surface area contributed by atoms with Crippen molar-refractivity contribution < 1.29 is 9.18 Å². The molecule has 0 aromatic heterocycles. The molecule has 3 aromatic rings. The number of hydrogen-bond donors (Lipinski definition) is 0. The average Bonchev–Trinajstić information content (AvgIpc) is 2.63. The summed E-state index contributed by atoms with van der Waals surface area (Å²) >= 11 is 0. The summed E-state index contributed by atoms with van der Waals surface area (Å²) in [5.74, 6) is -0.440. The van der Waals surface area contributed by atoms with E-state index in [2.05, 4.69) is 0 Å². The molecule has 3 aromatic carbocycles. The second-order valence-electron chi connectivity index (χ2n) is 6.43. The van der Waals surface area contributed by atoms with Crippen LogP contribution in [0.5, 0.6) is 0 Å². The molecule has 0 spiro atoms. The summed E-state index contributed by atoms with van der Waals surface area (Å²) in [7, 11) is 0. The normalized spacial score (nSPS) is 19.6. The lowest BCUT2D eigenvalue weighted by Crippen LogP contribution is -2.53. The number of halogens is 1. The lowest BCUT2D eigenvalue weighted by Gasteiger charge is -2.47. The van der Waals surface area contributed by atoms with Crippen molar-refractivity contribution in [2.45, 2.75) is 18.9 Å². The average molecular weight is 331 g/mol. The van der Waals surface area contributed by atoms with Gasteiger partial charge >= 0.3 is 0 Å². The highest BCUT2D eigenvalue weighted by Crippen LogP contribution is 2.48. The van der Waals surface area contributed by atoms with Gasteiger partial charge in [0.15, 0.2) is 0 Å². The zero-order chi connectivity index (χ0) is 17.4. The summed E-state index contributed by atoms with van der Waals surface area (Å²) in [5.41, 5.74) is 3.95. The molecule has 124 valence electrons. The molecule has 0 N–H and O–H groups in total. The summed E-state index contributed by atoms with van der Waals surface area (Å²) in [4.78, 5) is 14.8. The molecule has 1 aliphatic heterocycles. The van der Waals surface area contributed by atoms with Crippen LogP contribution in [-0.2, 0) is 4.79 Å². The first-order chi connectivity index (χ1) is 12.1. The predicted octanol–water partition coefficient (Wildman–Crippen LogP) is 5.01. The number of anilines is 1. The third-order valence-electron chi connectivity index (χ3n) is 4.78. The summed E-state index contributed by atoms with van der Waals surface area (Å²) in [5, 5.41) is 0. The van der Waals surface area contributed by atoms with Crippen LogP contribution in [0.1, 0.15) is 28.7 Å². The summed E-state index contributed by atoms with van der Waals surface area (Å²) in [6.45, 7) is 2.02. The minimum absolute atomic E-state index is 0.0735. The quantitative estimate of drug-likeness (QED) is 0.618. The molecule has 0 saturated carbocycles. The molecule has 1 saturated heterocycles. The molecule has 4 rings (SSSR count). The van der Waals surface area contributed by atoms with E-state index in [0.717, 1.165) is 22.4 Å². The molecule has 1 amide bonds. The van der Waals surface area contributed by atoms with Crippen LogP contribution in [0.2, 0.25) is 0 Å². The van der Waals surface area contributed by atoms with Crippen LogP contribution in [-0.4, -0.2) is 5.91 Å². The number of aryl methyl sites for hydroxylation is 1. The van der Waals surface area contributed by atoms with Gasteiger partial charge in [-0.05, 0) is 42.3 Å². The zero-order valence-corrected chi connectivity index (χ0v) is 13.9. The van der Waals surface area contributed by atoms with Gasteiger partial charge in [-0.3, -0.25) is 4.79 Å². The third kappa shape index (κ3) is 2.72. The lowest BCUT2D eigenvalue weighted by molar-refractivity contribution is -0.126. The monoisotopic (exact) mass is 331 g/mol. The molecule has 2 atom stereocenters. The van der Waals surface area contributed by atoms with E-state index in [9.17, 15) is 9.18 Å². The Hall–Kier alpha value is -2.94. The van der Waals surface area contributed by atoms with Crippen LogP contribution in [0.25, 0.3) is 0 Å². The van der Waals surface area contributed by atoms with Crippen LogP contribution in [0.3, 0.4) is 0 Å². The van der Waals surface area contributed by atoms with Crippen molar-refractivity contribution in [2.75, 3.05) is 4.90 Å². The third-order valence-corrected chi connectivity index (χ3v) is 4.78. The molecule has 1 aliphatic rings. The van der Waals surface area contributed by atoms with E-state index in [4.69, 9.17) is 0 Å². The van der Waals surface area contributed by atoms with E-state index >= 15 is 0 Å². The number of benzene rings is 3. The Balaban J connectivity index is 1.77.